The van der Waals surface area contributed by atoms with E-state index >= 15 is 0 Å². The van der Waals surface area contributed by atoms with Crippen LogP contribution in [0.3, 0.4) is 0 Å². The van der Waals surface area contributed by atoms with Gasteiger partial charge in [0.05, 0.1) is 30.0 Å². The lowest BCUT2D eigenvalue weighted by atomic mass is 10.1. The molecule has 0 saturated heterocycles. The molecule has 3 N–H and O–H groups in total. The van der Waals surface area contributed by atoms with E-state index in [4.69, 9.17) is 9.05 Å². The van der Waals surface area contributed by atoms with Gasteiger partial charge in [-0.25, -0.2) is 9.97 Å². The summed E-state index contributed by atoms with van der Waals surface area (Å²) in [6.07, 6.45) is -2.81. The van der Waals surface area contributed by atoms with Crippen LogP contribution in [-0.2, 0) is 24.6 Å². The van der Waals surface area contributed by atoms with Crippen LogP contribution < -0.4 is 16.4 Å². The highest BCUT2D eigenvalue weighted by molar-refractivity contribution is 7.54. The molecule has 202 valence electrons. The SMILES string of the molecule is CCOP(=O)(CC(=O)NNc1nc2cc(-n3ccnc3C(C)C)c(C(F)(F)F)cc2n(O)c1=O)OCC. The average Bonchev–Trinajstić information content (AvgIpc) is 3.29. The van der Waals surface area contributed by atoms with Gasteiger partial charge in [-0.2, -0.15) is 13.2 Å². The van der Waals surface area contributed by atoms with Gasteiger partial charge in [0.15, 0.2) is 0 Å². The molecule has 0 aliphatic carbocycles. The lowest BCUT2D eigenvalue weighted by molar-refractivity contribution is -0.137. The number of amides is 1. The highest BCUT2D eigenvalue weighted by Crippen LogP contribution is 2.47. The molecule has 1 amide bonds. The van der Waals surface area contributed by atoms with E-state index < -0.39 is 48.3 Å². The number of benzene rings is 1. The van der Waals surface area contributed by atoms with Crippen LogP contribution in [0.1, 0.15) is 45.0 Å². The fourth-order valence-electron chi connectivity index (χ4n) is 3.52. The largest absolute Gasteiger partial charge is 0.425 e. The van der Waals surface area contributed by atoms with E-state index in [-0.39, 0.29) is 35.1 Å². The quantitative estimate of drug-likeness (QED) is 0.197. The predicted octanol–water partition coefficient (Wildman–Crippen LogP) is 3.67. The number of imidazole rings is 1. The van der Waals surface area contributed by atoms with Gasteiger partial charge in [0.2, 0.25) is 5.82 Å². The van der Waals surface area contributed by atoms with Crippen molar-refractivity contribution in [1.82, 2.24) is 24.7 Å². The van der Waals surface area contributed by atoms with Crippen molar-refractivity contribution in [2.75, 3.05) is 24.8 Å². The average molecular weight is 546 g/mol. The zero-order chi connectivity index (χ0) is 27.5. The minimum atomic E-state index is -4.84. The van der Waals surface area contributed by atoms with Crippen LogP contribution in [0.2, 0.25) is 0 Å². The monoisotopic (exact) mass is 546 g/mol. The van der Waals surface area contributed by atoms with Crippen molar-refractivity contribution in [3.63, 3.8) is 0 Å². The Morgan fingerprint density at radius 1 is 1.22 bits per heavy atom. The van der Waals surface area contributed by atoms with Crippen molar-refractivity contribution in [2.24, 2.45) is 0 Å². The van der Waals surface area contributed by atoms with Crippen molar-refractivity contribution in [3.8, 4) is 5.69 Å². The Morgan fingerprint density at radius 2 is 1.86 bits per heavy atom. The summed E-state index contributed by atoms with van der Waals surface area (Å²) in [6.45, 7) is 6.71. The van der Waals surface area contributed by atoms with Gasteiger partial charge in [0.25, 0.3) is 5.91 Å². The second-order valence-corrected chi connectivity index (χ2v) is 10.1. The van der Waals surface area contributed by atoms with Crippen molar-refractivity contribution in [1.29, 1.82) is 0 Å². The third-order valence-corrected chi connectivity index (χ3v) is 6.99. The third kappa shape index (κ3) is 6.12. The van der Waals surface area contributed by atoms with Crippen LogP contribution in [0.15, 0.2) is 29.3 Å². The lowest BCUT2D eigenvalue weighted by Crippen LogP contribution is -2.36. The number of hydrazine groups is 1. The molecule has 0 aliphatic heterocycles. The summed E-state index contributed by atoms with van der Waals surface area (Å²) in [4.78, 5) is 32.9. The van der Waals surface area contributed by atoms with Gasteiger partial charge in [0, 0.05) is 18.3 Å². The van der Waals surface area contributed by atoms with Crippen molar-refractivity contribution in [2.45, 2.75) is 39.8 Å². The molecule has 0 bridgehead atoms. The minimum absolute atomic E-state index is 0.0155. The molecule has 0 fully saturated rings. The highest BCUT2D eigenvalue weighted by Gasteiger charge is 2.36. The normalized spacial score (nSPS) is 12.3. The zero-order valence-electron chi connectivity index (χ0n) is 20.4. The number of anilines is 1. The fraction of sp³-hybridized carbons (Fsp3) is 0.429. The van der Waals surface area contributed by atoms with Gasteiger partial charge in [0.1, 0.15) is 17.5 Å². The number of rotatable bonds is 10. The number of halogens is 3. The molecule has 2 aromatic heterocycles. The van der Waals surface area contributed by atoms with E-state index in [2.05, 4.69) is 20.8 Å². The predicted molar refractivity (Wildman–Crippen MR) is 127 cm³/mol. The Balaban J connectivity index is 2.03. The molecule has 0 aliphatic rings. The van der Waals surface area contributed by atoms with Crippen molar-refractivity contribution in [3.05, 3.63) is 46.3 Å². The zero-order valence-corrected chi connectivity index (χ0v) is 21.3. The van der Waals surface area contributed by atoms with Crippen molar-refractivity contribution >= 4 is 30.4 Å². The second kappa shape index (κ2) is 10.9. The Bertz CT molecular complexity index is 1390. The summed E-state index contributed by atoms with van der Waals surface area (Å²) in [5.74, 6) is -1.36. The first kappa shape index (κ1) is 28.2. The molecule has 2 heterocycles. The summed E-state index contributed by atoms with van der Waals surface area (Å²) in [7, 11) is -3.75. The standard InChI is InChI=1S/C21H26F3N6O6P/c1-5-35-37(34,36-6-2)11-17(31)27-28-18-20(32)30(33)16-9-13(21(22,23)24)15(10-14(16)26-18)29-8-7-25-19(29)12(3)4/h7-10,12,33H,5-6,11H2,1-4H3,(H,26,28)(H,27,31). The summed E-state index contributed by atoms with van der Waals surface area (Å²) in [6, 6.07) is 1.65. The fourth-order valence-corrected chi connectivity index (χ4v) is 5.00. The Kier molecular flexibility index (Phi) is 8.30. The van der Waals surface area contributed by atoms with Gasteiger partial charge in [-0.15, -0.1) is 4.73 Å². The van der Waals surface area contributed by atoms with Crippen LogP contribution in [0.4, 0.5) is 19.0 Å². The number of nitrogens with one attached hydrogen (secondary N) is 2. The maximum Gasteiger partial charge on any atom is 0.418 e. The topological polar surface area (TPSA) is 150 Å². The molecular formula is C21H26F3N6O6P. The van der Waals surface area contributed by atoms with E-state index in [1.165, 1.54) is 17.0 Å². The van der Waals surface area contributed by atoms with Crippen LogP contribution >= 0.6 is 7.60 Å². The molecule has 0 atom stereocenters. The van der Waals surface area contributed by atoms with E-state index in [1.54, 1.807) is 27.7 Å². The van der Waals surface area contributed by atoms with Crippen LogP contribution in [-0.4, -0.2) is 49.8 Å². The molecule has 0 saturated carbocycles. The van der Waals surface area contributed by atoms with Gasteiger partial charge >= 0.3 is 19.3 Å². The summed E-state index contributed by atoms with van der Waals surface area (Å²) >= 11 is 0. The first-order chi connectivity index (χ1) is 17.3. The first-order valence-electron chi connectivity index (χ1n) is 11.1. The summed E-state index contributed by atoms with van der Waals surface area (Å²) in [5, 5.41) is 10.3. The third-order valence-electron chi connectivity index (χ3n) is 5.01. The van der Waals surface area contributed by atoms with Crippen LogP contribution in [0.25, 0.3) is 16.7 Å². The number of carbonyl (C=O) groups excluding carboxylic acids is 1. The number of carbonyl (C=O) groups is 1. The summed E-state index contributed by atoms with van der Waals surface area (Å²) in [5.41, 5.74) is 0.913. The molecular weight excluding hydrogens is 520 g/mol. The van der Waals surface area contributed by atoms with Crippen LogP contribution in [0, 0.1) is 0 Å². The molecule has 0 spiro atoms. The number of hydrogen-bond donors (Lipinski definition) is 3. The van der Waals surface area contributed by atoms with E-state index in [1.807, 2.05) is 0 Å². The van der Waals surface area contributed by atoms with E-state index in [0.29, 0.717) is 11.9 Å². The Labute approximate surface area is 208 Å². The molecule has 37 heavy (non-hydrogen) atoms. The maximum atomic E-state index is 13.9. The molecule has 3 rings (SSSR count). The number of hydrogen-bond acceptors (Lipinski definition) is 9. The Morgan fingerprint density at radius 3 is 2.43 bits per heavy atom. The van der Waals surface area contributed by atoms with Gasteiger partial charge in [-0.05, 0) is 26.0 Å². The first-order valence-corrected chi connectivity index (χ1v) is 12.9. The molecule has 16 heteroatoms. The molecule has 0 radical (unpaired) electrons. The van der Waals surface area contributed by atoms with Gasteiger partial charge in [-0.3, -0.25) is 25.0 Å². The number of nitrogens with zero attached hydrogens (tertiary/aromatic N) is 4. The number of fused-ring (bicyclic) bond motifs is 1. The molecule has 1 aromatic carbocycles. The van der Waals surface area contributed by atoms with Gasteiger partial charge < -0.3 is 18.8 Å². The Hall–Kier alpha value is -3.42. The second-order valence-electron chi connectivity index (χ2n) is 8.02. The van der Waals surface area contributed by atoms with Crippen molar-refractivity contribution < 1.29 is 36.8 Å². The maximum absolute atomic E-state index is 13.9. The molecule has 0 unspecified atom stereocenters. The lowest BCUT2D eigenvalue weighted by Gasteiger charge is -2.19. The number of alkyl halides is 3. The van der Waals surface area contributed by atoms with Gasteiger partial charge in [-0.1, -0.05) is 13.8 Å². The minimum Gasteiger partial charge on any atom is -0.425 e. The molecule has 12 nitrogen and oxygen atoms in total. The summed E-state index contributed by atoms with van der Waals surface area (Å²) < 4.78 is 65.6. The smallest absolute Gasteiger partial charge is 0.418 e. The van der Waals surface area contributed by atoms with Crippen LogP contribution in [0.5, 0.6) is 0 Å². The van der Waals surface area contributed by atoms with E-state index in [0.717, 1.165) is 6.07 Å². The van der Waals surface area contributed by atoms with E-state index in [9.17, 15) is 32.5 Å². The molecule has 3 aromatic rings. The highest BCUT2D eigenvalue weighted by atomic mass is 31.2. The number of aromatic nitrogens is 4.